The lowest BCUT2D eigenvalue weighted by Crippen LogP contribution is -2.46. The molecule has 0 radical (unpaired) electrons. The number of amides is 1. The van der Waals surface area contributed by atoms with E-state index in [4.69, 9.17) is 9.72 Å². The van der Waals surface area contributed by atoms with Crippen LogP contribution in [0.5, 0.6) is 0 Å². The van der Waals surface area contributed by atoms with Gasteiger partial charge in [0.05, 0.1) is 23.7 Å². The zero-order valence-corrected chi connectivity index (χ0v) is 23.4. The SMILES string of the molecule is CN[C@H]1C[C@@H](n2cc(C(=O)N3CCOCC3)c3ccc(N4CCN(c5ccc(S(C)(=O)=O)cc5)CC4)nc32)C1. The van der Waals surface area contributed by atoms with Gasteiger partial charge in [0.1, 0.15) is 11.5 Å². The lowest BCUT2D eigenvalue weighted by Gasteiger charge is -2.37. The monoisotopic (exact) mass is 552 g/mol. The van der Waals surface area contributed by atoms with Crippen molar-refractivity contribution in [3.63, 3.8) is 0 Å². The Balaban J connectivity index is 1.23. The predicted octanol–water partition coefficient (Wildman–Crippen LogP) is 2.16. The summed E-state index contributed by atoms with van der Waals surface area (Å²) in [6, 6.07) is 12.0. The Hall–Kier alpha value is -3.15. The van der Waals surface area contributed by atoms with Gasteiger partial charge < -0.3 is 29.3 Å². The number of sulfone groups is 1. The average molecular weight is 553 g/mol. The van der Waals surface area contributed by atoms with Crippen LogP contribution in [-0.4, -0.2) is 101 Å². The number of anilines is 2. The van der Waals surface area contributed by atoms with Crippen LogP contribution in [0, 0.1) is 0 Å². The van der Waals surface area contributed by atoms with Crippen LogP contribution in [0.2, 0.25) is 0 Å². The summed E-state index contributed by atoms with van der Waals surface area (Å²) in [5.41, 5.74) is 2.62. The Labute approximate surface area is 229 Å². The first-order chi connectivity index (χ1) is 18.8. The number of pyridine rings is 1. The number of carbonyl (C=O) groups excluding carboxylic acids is 1. The van der Waals surface area contributed by atoms with Crippen molar-refractivity contribution in [3.05, 3.63) is 48.2 Å². The molecule has 3 aromatic rings. The Morgan fingerprint density at radius 2 is 1.62 bits per heavy atom. The number of morpholine rings is 1. The molecule has 1 aromatic carbocycles. The number of piperazine rings is 1. The van der Waals surface area contributed by atoms with Crippen molar-refractivity contribution in [3.8, 4) is 0 Å². The molecule has 39 heavy (non-hydrogen) atoms. The predicted molar refractivity (Wildman–Crippen MR) is 152 cm³/mol. The number of nitrogens with zero attached hydrogens (tertiary/aromatic N) is 5. The molecule has 0 spiro atoms. The largest absolute Gasteiger partial charge is 0.378 e. The van der Waals surface area contributed by atoms with Gasteiger partial charge in [0.2, 0.25) is 0 Å². The molecule has 208 valence electrons. The van der Waals surface area contributed by atoms with Crippen molar-refractivity contribution in [2.24, 2.45) is 0 Å². The molecule has 0 unspecified atom stereocenters. The van der Waals surface area contributed by atoms with Crippen LogP contribution in [0.25, 0.3) is 11.0 Å². The van der Waals surface area contributed by atoms with Crippen molar-refractivity contribution in [2.75, 3.05) is 75.6 Å². The molecular formula is C28H36N6O4S. The quantitative estimate of drug-likeness (QED) is 0.497. The van der Waals surface area contributed by atoms with E-state index in [1.54, 1.807) is 12.1 Å². The molecular weight excluding hydrogens is 516 g/mol. The second-order valence-corrected chi connectivity index (χ2v) is 12.8. The zero-order valence-electron chi connectivity index (χ0n) is 22.5. The van der Waals surface area contributed by atoms with Gasteiger partial charge in [0.15, 0.2) is 9.84 Å². The van der Waals surface area contributed by atoms with E-state index in [0.29, 0.717) is 43.3 Å². The summed E-state index contributed by atoms with van der Waals surface area (Å²) >= 11 is 0. The smallest absolute Gasteiger partial charge is 0.256 e. The molecule has 11 heteroatoms. The van der Waals surface area contributed by atoms with Gasteiger partial charge in [-0.1, -0.05) is 0 Å². The summed E-state index contributed by atoms with van der Waals surface area (Å²) in [6.45, 7) is 5.61. The van der Waals surface area contributed by atoms with E-state index in [0.717, 1.165) is 67.1 Å². The maximum absolute atomic E-state index is 13.5. The summed E-state index contributed by atoms with van der Waals surface area (Å²) in [5, 5.41) is 4.27. The zero-order chi connectivity index (χ0) is 27.1. The molecule has 10 nitrogen and oxygen atoms in total. The highest BCUT2D eigenvalue weighted by atomic mass is 32.2. The summed E-state index contributed by atoms with van der Waals surface area (Å²) in [5.74, 6) is 0.973. The standard InChI is InChI=1S/C28H36N6O4S/c1-29-20-17-22(18-20)34-19-25(28(35)33-13-15-38-16-14-33)24-7-8-26(30-27(24)34)32-11-9-31(10-12-32)21-3-5-23(6-4-21)39(2,36)37/h3-8,19-20,22,29H,9-18H2,1-2H3/t20-,22+. The first-order valence-corrected chi connectivity index (χ1v) is 15.6. The van der Waals surface area contributed by atoms with E-state index in [-0.39, 0.29) is 5.91 Å². The van der Waals surface area contributed by atoms with Gasteiger partial charge in [0.25, 0.3) is 5.91 Å². The summed E-state index contributed by atoms with van der Waals surface area (Å²) in [6.07, 6.45) is 5.29. The van der Waals surface area contributed by atoms with Gasteiger partial charge in [-0.25, -0.2) is 13.4 Å². The molecule has 0 atom stereocenters. The number of hydrogen-bond acceptors (Lipinski definition) is 8. The number of hydrogen-bond donors (Lipinski definition) is 1. The number of rotatable bonds is 6. The Bertz CT molecular complexity index is 1450. The highest BCUT2D eigenvalue weighted by molar-refractivity contribution is 7.90. The molecule has 4 heterocycles. The molecule has 3 fully saturated rings. The number of fused-ring (bicyclic) bond motifs is 1. The molecule has 1 aliphatic carbocycles. The van der Waals surface area contributed by atoms with Crippen molar-refractivity contribution >= 4 is 38.3 Å². The Morgan fingerprint density at radius 3 is 2.26 bits per heavy atom. The fraction of sp³-hybridized carbons (Fsp3) is 0.500. The van der Waals surface area contributed by atoms with Crippen LogP contribution >= 0.6 is 0 Å². The first kappa shape index (κ1) is 26.1. The second-order valence-electron chi connectivity index (χ2n) is 10.7. The summed E-state index contributed by atoms with van der Waals surface area (Å²) in [4.78, 5) is 25.4. The third-order valence-corrected chi connectivity index (χ3v) is 9.47. The van der Waals surface area contributed by atoms with Crippen LogP contribution in [0.4, 0.5) is 11.5 Å². The number of nitrogens with one attached hydrogen (secondary N) is 1. The number of benzene rings is 1. The van der Waals surface area contributed by atoms with E-state index >= 15 is 0 Å². The van der Waals surface area contributed by atoms with E-state index in [2.05, 4.69) is 25.8 Å². The van der Waals surface area contributed by atoms with Gasteiger partial charge >= 0.3 is 0 Å². The van der Waals surface area contributed by atoms with E-state index in [1.165, 1.54) is 6.26 Å². The Morgan fingerprint density at radius 1 is 0.949 bits per heavy atom. The van der Waals surface area contributed by atoms with Gasteiger partial charge in [-0.15, -0.1) is 0 Å². The van der Waals surface area contributed by atoms with Crippen molar-refractivity contribution in [1.29, 1.82) is 0 Å². The van der Waals surface area contributed by atoms with Crippen molar-refractivity contribution in [1.82, 2.24) is 19.8 Å². The van der Waals surface area contributed by atoms with E-state index < -0.39 is 9.84 Å². The second kappa shape index (κ2) is 10.4. The van der Waals surface area contributed by atoms with Crippen LogP contribution in [0.1, 0.15) is 29.2 Å². The molecule has 2 saturated heterocycles. The minimum absolute atomic E-state index is 0.0524. The van der Waals surface area contributed by atoms with Crippen molar-refractivity contribution in [2.45, 2.75) is 29.8 Å². The lowest BCUT2D eigenvalue weighted by atomic mass is 9.87. The minimum Gasteiger partial charge on any atom is -0.378 e. The van der Waals surface area contributed by atoms with Crippen LogP contribution in [0.15, 0.2) is 47.5 Å². The molecule has 0 bridgehead atoms. The third kappa shape index (κ3) is 5.10. The summed E-state index contributed by atoms with van der Waals surface area (Å²) < 4.78 is 31.3. The molecule has 2 aliphatic heterocycles. The van der Waals surface area contributed by atoms with Crippen molar-refractivity contribution < 1.29 is 17.9 Å². The van der Waals surface area contributed by atoms with E-state index in [1.807, 2.05) is 36.3 Å². The Kier molecular flexibility index (Phi) is 6.98. The molecule has 3 aliphatic rings. The lowest BCUT2D eigenvalue weighted by molar-refractivity contribution is 0.0304. The fourth-order valence-corrected chi connectivity index (χ4v) is 6.46. The fourth-order valence-electron chi connectivity index (χ4n) is 5.83. The van der Waals surface area contributed by atoms with Gasteiger partial charge in [-0.05, 0) is 56.3 Å². The number of carbonyl (C=O) groups is 1. The first-order valence-electron chi connectivity index (χ1n) is 13.7. The maximum Gasteiger partial charge on any atom is 0.256 e. The number of ether oxygens (including phenoxy) is 1. The van der Waals surface area contributed by atoms with Crippen LogP contribution in [-0.2, 0) is 14.6 Å². The maximum atomic E-state index is 13.5. The topological polar surface area (TPSA) is 100 Å². The van der Waals surface area contributed by atoms with Crippen LogP contribution in [0.3, 0.4) is 0 Å². The van der Waals surface area contributed by atoms with E-state index in [9.17, 15) is 13.2 Å². The third-order valence-electron chi connectivity index (χ3n) is 8.34. The normalized spacial score (nSPS) is 22.3. The summed E-state index contributed by atoms with van der Waals surface area (Å²) in [7, 11) is -1.21. The molecule has 1 saturated carbocycles. The molecule has 1 amide bonds. The molecule has 1 N–H and O–H groups in total. The highest BCUT2D eigenvalue weighted by Crippen LogP contribution is 2.37. The molecule has 2 aromatic heterocycles. The van der Waals surface area contributed by atoms with Crippen LogP contribution < -0.4 is 15.1 Å². The average Bonchev–Trinajstić information content (AvgIpc) is 3.31. The molecule has 6 rings (SSSR count). The van der Waals surface area contributed by atoms with Gasteiger partial charge in [-0.3, -0.25) is 4.79 Å². The minimum atomic E-state index is -3.21. The highest BCUT2D eigenvalue weighted by Gasteiger charge is 2.33. The number of aromatic nitrogens is 2. The van der Waals surface area contributed by atoms with Gasteiger partial charge in [-0.2, -0.15) is 0 Å². The van der Waals surface area contributed by atoms with Gasteiger partial charge in [0, 0.05) is 74.9 Å².